The largest absolute Gasteiger partial charge is 0.464 e. The molecule has 0 aromatic carbocycles. The van der Waals surface area contributed by atoms with Crippen LogP contribution in [0, 0.1) is 12.3 Å². The Labute approximate surface area is 107 Å². The Morgan fingerprint density at radius 2 is 2.28 bits per heavy atom. The minimum atomic E-state index is -0.517. The van der Waals surface area contributed by atoms with Crippen molar-refractivity contribution in [1.82, 2.24) is 9.55 Å². The van der Waals surface area contributed by atoms with Crippen molar-refractivity contribution in [3.05, 3.63) is 11.5 Å². The fourth-order valence-corrected chi connectivity index (χ4v) is 1.95. The van der Waals surface area contributed by atoms with Crippen LogP contribution in [0.15, 0.2) is 0 Å². The van der Waals surface area contributed by atoms with E-state index in [1.807, 2.05) is 18.4 Å². The first-order chi connectivity index (χ1) is 8.60. The minimum Gasteiger partial charge on any atom is -0.464 e. The summed E-state index contributed by atoms with van der Waals surface area (Å²) < 4.78 is 6.52. The summed E-state index contributed by atoms with van der Waals surface area (Å²) in [5.74, 6) is 3.20. The lowest BCUT2D eigenvalue weighted by Gasteiger charge is -2.18. The van der Waals surface area contributed by atoms with Gasteiger partial charge in [0.25, 0.3) is 0 Å². The first kappa shape index (κ1) is 14.1. The summed E-state index contributed by atoms with van der Waals surface area (Å²) in [4.78, 5) is 15.8. The molecule has 0 spiro atoms. The van der Waals surface area contributed by atoms with Crippen molar-refractivity contribution in [1.29, 1.82) is 0 Å². The molecule has 0 aliphatic rings. The van der Waals surface area contributed by atoms with E-state index in [-0.39, 0.29) is 11.7 Å². The molecule has 0 bridgehead atoms. The molecule has 98 valence electrons. The van der Waals surface area contributed by atoms with Crippen LogP contribution >= 0.6 is 0 Å². The van der Waals surface area contributed by atoms with E-state index in [1.54, 1.807) is 0 Å². The summed E-state index contributed by atoms with van der Waals surface area (Å²) in [7, 11) is 1.31. The van der Waals surface area contributed by atoms with E-state index < -0.39 is 5.97 Å². The predicted octanol–water partition coefficient (Wildman–Crippen LogP) is 1.79. The monoisotopic (exact) mass is 249 g/mol. The van der Waals surface area contributed by atoms with Gasteiger partial charge in [-0.1, -0.05) is 13.8 Å². The van der Waals surface area contributed by atoms with Crippen LogP contribution in [0.4, 0.5) is 5.82 Å². The lowest BCUT2D eigenvalue weighted by atomic mass is 10.1. The Hall–Kier alpha value is -1.96. The smallest absolute Gasteiger partial charge is 0.360 e. The number of methoxy groups -OCH3 is 1. The number of terminal acetylenes is 1. The number of aryl methyl sites for hydroxylation is 1. The summed E-state index contributed by atoms with van der Waals surface area (Å²) in [6.07, 6.45) is 7.44. The Morgan fingerprint density at radius 3 is 2.72 bits per heavy atom. The van der Waals surface area contributed by atoms with Crippen LogP contribution in [0.3, 0.4) is 0 Å². The predicted molar refractivity (Wildman–Crippen MR) is 70.1 cm³/mol. The summed E-state index contributed by atoms with van der Waals surface area (Å²) >= 11 is 0. The molecule has 1 atom stereocenters. The van der Waals surface area contributed by atoms with Gasteiger partial charge in [0, 0.05) is 18.9 Å². The van der Waals surface area contributed by atoms with Gasteiger partial charge in [0.1, 0.15) is 11.6 Å². The lowest BCUT2D eigenvalue weighted by molar-refractivity contribution is 0.0595. The number of anilines is 1. The number of nitrogens with zero attached hydrogens (tertiary/aromatic N) is 2. The Kier molecular flexibility index (Phi) is 4.78. The van der Waals surface area contributed by atoms with Gasteiger partial charge in [0.05, 0.1) is 7.11 Å². The van der Waals surface area contributed by atoms with Crippen molar-refractivity contribution in [2.75, 3.05) is 12.8 Å². The second-order valence-electron chi connectivity index (χ2n) is 3.95. The summed E-state index contributed by atoms with van der Waals surface area (Å²) in [5, 5.41) is 0. The number of carbonyl (C=O) groups excluding carboxylic acids is 1. The molecule has 5 nitrogen and oxygen atoms in total. The van der Waals surface area contributed by atoms with E-state index in [2.05, 4.69) is 15.6 Å². The van der Waals surface area contributed by atoms with Crippen LogP contribution in [0.2, 0.25) is 0 Å². The maximum Gasteiger partial charge on any atom is 0.360 e. The number of rotatable bonds is 5. The topological polar surface area (TPSA) is 70.1 Å². The highest BCUT2D eigenvalue weighted by molar-refractivity contribution is 5.92. The first-order valence-electron chi connectivity index (χ1n) is 5.98. The fourth-order valence-electron chi connectivity index (χ4n) is 1.95. The van der Waals surface area contributed by atoms with E-state index in [1.165, 1.54) is 7.11 Å². The van der Waals surface area contributed by atoms with Gasteiger partial charge in [-0.3, -0.25) is 0 Å². The standard InChI is InChI=1S/C13H19N3O2/c1-5-8-9(6-2)16-10(7-3)15-11(12(16)14)13(17)18-4/h1,9H,6-8,14H2,2-4H3. The second kappa shape index (κ2) is 6.10. The first-order valence-corrected chi connectivity index (χ1v) is 5.98. The number of aromatic nitrogens is 2. The van der Waals surface area contributed by atoms with Crippen molar-refractivity contribution in [3.63, 3.8) is 0 Å². The molecular formula is C13H19N3O2. The SMILES string of the molecule is C#CCC(CC)n1c(CC)nc(C(=O)OC)c1N. The maximum atomic E-state index is 11.6. The molecule has 1 rings (SSSR count). The molecule has 2 N–H and O–H groups in total. The van der Waals surface area contributed by atoms with Gasteiger partial charge >= 0.3 is 5.97 Å². The average Bonchev–Trinajstić information content (AvgIpc) is 2.72. The molecule has 1 heterocycles. The summed E-state index contributed by atoms with van der Waals surface area (Å²) in [6.45, 7) is 3.99. The fraction of sp³-hybridized carbons (Fsp3) is 0.538. The molecule has 0 saturated heterocycles. The number of ether oxygens (including phenoxy) is 1. The summed E-state index contributed by atoms with van der Waals surface area (Å²) in [6, 6.07) is 0.0656. The molecule has 5 heteroatoms. The molecule has 0 amide bonds. The Morgan fingerprint density at radius 1 is 1.61 bits per heavy atom. The minimum absolute atomic E-state index is 0.0656. The molecule has 1 unspecified atom stereocenters. The highest BCUT2D eigenvalue weighted by Crippen LogP contribution is 2.25. The van der Waals surface area contributed by atoms with Gasteiger partial charge in [0.15, 0.2) is 5.69 Å². The van der Waals surface area contributed by atoms with E-state index in [0.29, 0.717) is 18.7 Å². The molecule has 0 aliphatic carbocycles. The Balaban J connectivity index is 3.29. The van der Waals surface area contributed by atoms with Crippen molar-refractivity contribution in [2.24, 2.45) is 0 Å². The molecule has 0 radical (unpaired) electrons. The van der Waals surface area contributed by atoms with Gasteiger partial charge in [-0.2, -0.15) is 0 Å². The molecule has 1 aromatic rings. The molecule has 0 aliphatic heterocycles. The number of nitrogens with two attached hydrogens (primary N) is 1. The van der Waals surface area contributed by atoms with Gasteiger partial charge in [-0.05, 0) is 6.42 Å². The van der Waals surface area contributed by atoms with Crippen molar-refractivity contribution >= 4 is 11.8 Å². The molecule has 0 saturated carbocycles. The van der Waals surface area contributed by atoms with E-state index in [0.717, 1.165) is 12.2 Å². The van der Waals surface area contributed by atoms with Crippen LogP contribution in [0.5, 0.6) is 0 Å². The number of hydrogen-bond donors (Lipinski definition) is 1. The van der Waals surface area contributed by atoms with Crippen LogP contribution in [0.25, 0.3) is 0 Å². The van der Waals surface area contributed by atoms with E-state index >= 15 is 0 Å². The van der Waals surface area contributed by atoms with Crippen LogP contribution in [-0.4, -0.2) is 22.6 Å². The summed E-state index contributed by atoms with van der Waals surface area (Å²) in [5.41, 5.74) is 6.17. The van der Waals surface area contributed by atoms with Crippen molar-refractivity contribution < 1.29 is 9.53 Å². The zero-order valence-electron chi connectivity index (χ0n) is 11.1. The quantitative estimate of drug-likeness (QED) is 0.638. The number of imidazole rings is 1. The van der Waals surface area contributed by atoms with Crippen LogP contribution in [-0.2, 0) is 11.2 Å². The number of carbonyl (C=O) groups is 1. The Bertz CT molecular complexity index is 471. The van der Waals surface area contributed by atoms with Gasteiger partial charge in [-0.15, -0.1) is 12.3 Å². The number of nitrogen functional groups attached to an aromatic ring is 1. The molecular weight excluding hydrogens is 230 g/mol. The molecule has 1 aromatic heterocycles. The van der Waals surface area contributed by atoms with Gasteiger partial charge < -0.3 is 15.0 Å². The zero-order valence-corrected chi connectivity index (χ0v) is 11.1. The normalized spacial score (nSPS) is 11.9. The van der Waals surface area contributed by atoms with Crippen molar-refractivity contribution in [3.8, 4) is 12.3 Å². The third kappa shape index (κ3) is 2.48. The second-order valence-corrected chi connectivity index (χ2v) is 3.95. The van der Waals surface area contributed by atoms with Crippen LogP contribution in [0.1, 0.15) is 49.0 Å². The van der Waals surface area contributed by atoms with E-state index in [4.69, 9.17) is 12.2 Å². The lowest BCUT2D eigenvalue weighted by Crippen LogP contribution is -2.14. The van der Waals surface area contributed by atoms with Gasteiger partial charge in [0.2, 0.25) is 0 Å². The highest BCUT2D eigenvalue weighted by atomic mass is 16.5. The zero-order chi connectivity index (χ0) is 13.7. The molecule has 18 heavy (non-hydrogen) atoms. The van der Waals surface area contributed by atoms with Crippen LogP contribution < -0.4 is 5.73 Å². The third-order valence-corrected chi connectivity index (χ3v) is 2.91. The number of esters is 1. The maximum absolute atomic E-state index is 11.6. The average molecular weight is 249 g/mol. The van der Waals surface area contributed by atoms with Crippen molar-refractivity contribution in [2.45, 2.75) is 39.2 Å². The third-order valence-electron chi connectivity index (χ3n) is 2.91. The van der Waals surface area contributed by atoms with Gasteiger partial charge in [-0.25, -0.2) is 9.78 Å². The highest BCUT2D eigenvalue weighted by Gasteiger charge is 2.23. The molecule has 0 fully saturated rings. The van der Waals surface area contributed by atoms with E-state index in [9.17, 15) is 4.79 Å². The number of hydrogen-bond acceptors (Lipinski definition) is 4.